The van der Waals surface area contributed by atoms with Gasteiger partial charge in [0.05, 0.1) is 40.9 Å². The molecule has 0 aliphatic rings. The summed E-state index contributed by atoms with van der Waals surface area (Å²) in [4.78, 5) is 23.2. The normalized spacial score (nSPS) is 14.0. The Morgan fingerprint density at radius 3 is 1.96 bits per heavy atom. The summed E-state index contributed by atoms with van der Waals surface area (Å²) in [6.45, 7) is 4.75. The molecule has 0 aromatic heterocycles. The number of esters is 2. The maximum Gasteiger partial charge on any atom is 0.317 e. The first kappa shape index (κ1) is 23.9. The molecular weight excluding hydrogens is 322 g/mol. The average Bonchev–Trinajstić information content (AvgIpc) is 2.50. The fourth-order valence-electron chi connectivity index (χ4n) is 2.47. The Morgan fingerprint density at radius 2 is 1.44 bits per heavy atom. The van der Waals surface area contributed by atoms with E-state index in [0.717, 1.165) is 23.7 Å². The fourth-order valence-corrected chi connectivity index (χ4v) is 2.47. The number of hydrogen-bond acceptors (Lipinski definition) is 5. The number of rotatable bonds is 14. The first-order valence-corrected chi connectivity index (χ1v) is 9.21. The van der Waals surface area contributed by atoms with Crippen molar-refractivity contribution in [1.82, 2.24) is 0 Å². The van der Waals surface area contributed by atoms with E-state index >= 15 is 0 Å². The minimum Gasteiger partial charge on any atom is -0.465 e. The van der Waals surface area contributed by atoms with Gasteiger partial charge in [-0.3, -0.25) is 9.59 Å². The Morgan fingerprint density at radius 1 is 0.880 bits per heavy atom. The Kier molecular flexibility index (Phi) is 11.7. The van der Waals surface area contributed by atoms with Crippen molar-refractivity contribution in [3.8, 4) is 0 Å². The molecule has 0 radical (unpaired) electrons. The van der Waals surface area contributed by atoms with Gasteiger partial charge in [-0.05, 0) is 26.2 Å². The van der Waals surface area contributed by atoms with Gasteiger partial charge in [0.1, 0.15) is 12.0 Å². The average molecular weight is 361 g/mol. The van der Waals surface area contributed by atoms with Crippen LogP contribution >= 0.6 is 0 Å². The Hall–Kier alpha value is -1.14. The Labute approximate surface area is 153 Å². The van der Waals surface area contributed by atoms with Crippen molar-refractivity contribution >= 4 is 11.9 Å². The minimum absolute atomic E-state index is 0.0265. The minimum atomic E-state index is -0.953. The quantitative estimate of drug-likeness (QED) is 0.271. The number of nitrogens with zero attached hydrogens (tertiary/aromatic N) is 1. The van der Waals surface area contributed by atoms with E-state index in [0.29, 0.717) is 6.61 Å². The van der Waals surface area contributed by atoms with Crippen LogP contribution in [0.5, 0.6) is 0 Å². The maximum atomic E-state index is 12.2. The maximum absolute atomic E-state index is 12.2. The lowest BCUT2D eigenvalue weighted by Gasteiger charge is -2.25. The van der Waals surface area contributed by atoms with Crippen molar-refractivity contribution < 1.29 is 28.3 Å². The molecule has 6 heteroatoms. The van der Waals surface area contributed by atoms with E-state index in [4.69, 9.17) is 14.2 Å². The van der Waals surface area contributed by atoms with Gasteiger partial charge >= 0.3 is 11.9 Å². The van der Waals surface area contributed by atoms with Crippen LogP contribution in [0, 0.1) is 5.41 Å². The standard InChI is InChI=1S/C19H38NO5/c1-17(21)25-16-19(2,15-23-6)18(22)24-14-12-10-8-7-9-11-13-20(3,4)5/h7-16H2,1-6H3/q+1. The van der Waals surface area contributed by atoms with Gasteiger partial charge in [-0.15, -0.1) is 0 Å². The third kappa shape index (κ3) is 12.8. The highest BCUT2D eigenvalue weighted by Crippen LogP contribution is 2.20. The van der Waals surface area contributed by atoms with E-state index in [1.807, 2.05) is 0 Å². The fraction of sp³-hybridized carbons (Fsp3) is 0.895. The smallest absolute Gasteiger partial charge is 0.317 e. The summed E-state index contributed by atoms with van der Waals surface area (Å²) in [5, 5.41) is 0. The predicted molar refractivity (Wildman–Crippen MR) is 98.2 cm³/mol. The lowest BCUT2D eigenvalue weighted by atomic mass is 9.93. The second-order valence-electron chi connectivity index (χ2n) is 8.05. The topological polar surface area (TPSA) is 61.8 Å². The van der Waals surface area contributed by atoms with E-state index < -0.39 is 11.4 Å². The molecule has 0 aromatic rings. The molecule has 148 valence electrons. The first-order chi connectivity index (χ1) is 11.6. The van der Waals surface area contributed by atoms with Crippen LogP contribution in [0.2, 0.25) is 0 Å². The van der Waals surface area contributed by atoms with Gasteiger partial charge in [0.2, 0.25) is 0 Å². The largest absolute Gasteiger partial charge is 0.465 e. The summed E-state index contributed by atoms with van der Waals surface area (Å²) in [6, 6.07) is 0. The molecule has 0 aromatic carbocycles. The molecule has 0 bridgehead atoms. The zero-order valence-corrected chi connectivity index (χ0v) is 17.1. The van der Waals surface area contributed by atoms with Crippen molar-refractivity contribution in [3.63, 3.8) is 0 Å². The van der Waals surface area contributed by atoms with Gasteiger partial charge in [0.25, 0.3) is 0 Å². The number of hydrogen-bond donors (Lipinski definition) is 0. The molecule has 0 aliphatic carbocycles. The van der Waals surface area contributed by atoms with Crippen molar-refractivity contribution in [2.45, 2.75) is 52.4 Å². The van der Waals surface area contributed by atoms with Crippen LogP contribution in [0.15, 0.2) is 0 Å². The molecule has 0 heterocycles. The third-order valence-corrected chi connectivity index (χ3v) is 4.01. The van der Waals surface area contributed by atoms with Crippen molar-refractivity contribution in [2.75, 3.05) is 54.6 Å². The van der Waals surface area contributed by atoms with E-state index in [2.05, 4.69) is 21.1 Å². The summed E-state index contributed by atoms with van der Waals surface area (Å²) in [7, 11) is 8.16. The highest BCUT2D eigenvalue weighted by molar-refractivity contribution is 5.77. The van der Waals surface area contributed by atoms with E-state index in [1.165, 1.54) is 39.8 Å². The van der Waals surface area contributed by atoms with Crippen LogP contribution in [0.3, 0.4) is 0 Å². The van der Waals surface area contributed by atoms with Crippen LogP contribution in [0.4, 0.5) is 0 Å². The zero-order valence-electron chi connectivity index (χ0n) is 17.1. The highest BCUT2D eigenvalue weighted by atomic mass is 16.6. The molecule has 0 saturated carbocycles. The van der Waals surface area contributed by atoms with Gasteiger partial charge in [-0.1, -0.05) is 19.3 Å². The molecule has 0 amide bonds. The van der Waals surface area contributed by atoms with Gasteiger partial charge in [-0.25, -0.2) is 0 Å². The number of methoxy groups -OCH3 is 1. The molecule has 1 atom stereocenters. The zero-order chi connectivity index (χ0) is 19.3. The molecule has 6 nitrogen and oxygen atoms in total. The Balaban J connectivity index is 3.87. The monoisotopic (exact) mass is 360 g/mol. The number of unbranched alkanes of at least 4 members (excludes halogenated alkanes) is 5. The first-order valence-electron chi connectivity index (χ1n) is 9.21. The lowest BCUT2D eigenvalue weighted by molar-refractivity contribution is -0.870. The highest BCUT2D eigenvalue weighted by Gasteiger charge is 2.36. The van der Waals surface area contributed by atoms with Crippen LogP contribution in [-0.4, -0.2) is 71.0 Å². The third-order valence-electron chi connectivity index (χ3n) is 4.01. The molecular formula is C19H38NO5+. The van der Waals surface area contributed by atoms with Crippen LogP contribution < -0.4 is 0 Å². The van der Waals surface area contributed by atoms with Crippen LogP contribution in [-0.2, 0) is 23.8 Å². The lowest BCUT2D eigenvalue weighted by Crippen LogP contribution is -2.39. The van der Waals surface area contributed by atoms with Crippen molar-refractivity contribution in [2.24, 2.45) is 5.41 Å². The predicted octanol–water partition coefficient (Wildman–Crippen LogP) is 2.79. The molecule has 0 aliphatic heterocycles. The van der Waals surface area contributed by atoms with Gasteiger partial charge in [-0.2, -0.15) is 0 Å². The molecule has 0 rings (SSSR count). The molecule has 0 saturated heterocycles. The SMILES string of the molecule is COCC(C)(COC(C)=O)C(=O)OCCCCCCCC[N+](C)(C)C. The molecule has 25 heavy (non-hydrogen) atoms. The van der Waals surface area contributed by atoms with Gasteiger partial charge in [0, 0.05) is 14.0 Å². The number of carbonyl (C=O) groups is 2. The molecule has 0 fully saturated rings. The van der Waals surface area contributed by atoms with E-state index in [9.17, 15) is 9.59 Å². The second-order valence-corrected chi connectivity index (χ2v) is 8.05. The summed E-state index contributed by atoms with van der Waals surface area (Å²) >= 11 is 0. The summed E-state index contributed by atoms with van der Waals surface area (Å²) in [5.41, 5.74) is -0.953. The van der Waals surface area contributed by atoms with Crippen LogP contribution in [0.1, 0.15) is 52.4 Å². The van der Waals surface area contributed by atoms with E-state index in [-0.39, 0.29) is 19.2 Å². The summed E-state index contributed by atoms with van der Waals surface area (Å²) in [5.74, 6) is -0.793. The van der Waals surface area contributed by atoms with Crippen molar-refractivity contribution in [3.05, 3.63) is 0 Å². The number of ether oxygens (including phenoxy) is 3. The second kappa shape index (κ2) is 12.3. The van der Waals surface area contributed by atoms with E-state index in [1.54, 1.807) is 6.92 Å². The summed E-state index contributed by atoms with van der Waals surface area (Å²) in [6.07, 6.45) is 6.81. The number of carbonyl (C=O) groups excluding carboxylic acids is 2. The molecule has 0 spiro atoms. The van der Waals surface area contributed by atoms with Gasteiger partial charge in [0.15, 0.2) is 0 Å². The number of quaternary nitrogens is 1. The Bertz CT molecular complexity index is 392. The summed E-state index contributed by atoms with van der Waals surface area (Å²) < 4.78 is 16.4. The van der Waals surface area contributed by atoms with Crippen LogP contribution in [0.25, 0.3) is 0 Å². The van der Waals surface area contributed by atoms with Crippen molar-refractivity contribution in [1.29, 1.82) is 0 Å². The molecule has 1 unspecified atom stereocenters. The molecule has 0 N–H and O–H groups in total. The van der Waals surface area contributed by atoms with Gasteiger partial charge < -0.3 is 18.7 Å².